The summed E-state index contributed by atoms with van der Waals surface area (Å²) in [5, 5.41) is 5.41. The molecule has 2 N–H and O–H groups in total. The van der Waals surface area contributed by atoms with E-state index >= 15 is 0 Å². The third-order valence-electron chi connectivity index (χ3n) is 5.26. The first-order valence-electron chi connectivity index (χ1n) is 10.0. The number of hydrogen-bond acceptors (Lipinski definition) is 7. The van der Waals surface area contributed by atoms with E-state index in [9.17, 15) is 9.59 Å². The number of fused-ring (bicyclic) bond motifs is 3. The minimum atomic E-state index is -0.998. The molecule has 9 heteroatoms. The smallest absolute Gasteiger partial charge is 0.252 e. The van der Waals surface area contributed by atoms with E-state index in [1.54, 1.807) is 33.8 Å². The number of amides is 2. The van der Waals surface area contributed by atoms with Gasteiger partial charge in [-0.25, -0.2) is 0 Å². The minimum Gasteiger partial charge on any atom is -0.345 e. The Morgan fingerprint density at radius 3 is 2.30 bits per heavy atom. The van der Waals surface area contributed by atoms with Crippen molar-refractivity contribution in [2.75, 3.05) is 11.9 Å². The fourth-order valence-corrected chi connectivity index (χ4v) is 4.00. The average molecular weight is 420 g/mol. The maximum atomic E-state index is 12.9. The summed E-state index contributed by atoms with van der Waals surface area (Å²) in [4.78, 5) is 25.2. The SMILES string of the molecule is Cc1ccccc1NC(=O)CNC(=O)[C@@H]1O[C@@H]2OC(C)(C)O[C@@H]2[C@@H]2OC(C)(C)O[C@H]21. The Hall–Kier alpha value is -2.04. The van der Waals surface area contributed by atoms with Crippen molar-refractivity contribution in [2.45, 2.75) is 76.9 Å². The maximum Gasteiger partial charge on any atom is 0.252 e. The molecule has 0 aliphatic carbocycles. The first kappa shape index (κ1) is 21.2. The van der Waals surface area contributed by atoms with Crippen LogP contribution < -0.4 is 10.6 Å². The van der Waals surface area contributed by atoms with Crippen molar-refractivity contribution in [3.8, 4) is 0 Å². The van der Waals surface area contributed by atoms with E-state index in [1.165, 1.54) is 0 Å². The van der Waals surface area contributed by atoms with Gasteiger partial charge >= 0.3 is 0 Å². The Morgan fingerprint density at radius 1 is 0.933 bits per heavy atom. The Balaban J connectivity index is 1.41. The number of carbonyl (C=O) groups is 2. The summed E-state index contributed by atoms with van der Waals surface area (Å²) >= 11 is 0. The molecule has 3 aliphatic heterocycles. The maximum absolute atomic E-state index is 12.9. The second-order valence-electron chi connectivity index (χ2n) is 8.67. The molecule has 0 unspecified atom stereocenters. The molecule has 0 saturated carbocycles. The summed E-state index contributed by atoms with van der Waals surface area (Å²) < 4.78 is 29.5. The van der Waals surface area contributed by atoms with Crippen molar-refractivity contribution in [3.05, 3.63) is 29.8 Å². The molecule has 1 aromatic carbocycles. The van der Waals surface area contributed by atoms with Crippen LogP contribution in [-0.4, -0.2) is 60.6 Å². The van der Waals surface area contributed by atoms with Crippen molar-refractivity contribution >= 4 is 17.5 Å². The third kappa shape index (κ3) is 4.21. The standard InChI is InChI=1S/C21H28N2O7/c1-11-8-6-7-9-12(11)23-13(24)10-22-18(25)16-14-15(28-20(2,3)27-14)17-19(26-16)30-21(4,5)29-17/h6-9,14-17,19H,10H2,1-5H3,(H,22,25)(H,23,24)/t14-,15-,16-,17-,19-/m1/s1. The molecule has 9 nitrogen and oxygen atoms in total. The summed E-state index contributed by atoms with van der Waals surface area (Å²) in [5.41, 5.74) is 1.63. The number of para-hydroxylation sites is 1. The molecule has 3 aliphatic rings. The molecular weight excluding hydrogens is 392 g/mol. The van der Waals surface area contributed by atoms with Gasteiger partial charge in [-0.2, -0.15) is 0 Å². The minimum absolute atomic E-state index is 0.203. The van der Waals surface area contributed by atoms with Crippen molar-refractivity contribution in [1.82, 2.24) is 5.32 Å². The van der Waals surface area contributed by atoms with Gasteiger partial charge in [-0.15, -0.1) is 0 Å². The lowest BCUT2D eigenvalue weighted by Crippen LogP contribution is -2.59. The highest BCUT2D eigenvalue weighted by molar-refractivity contribution is 5.95. The van der Waals surface area contributed by atoms with E-state index in [0.29, 0.717) is 5.69 Å². The molecule has 2 amide bonds. The van der Waals surface area contributed by atoms with Crippen LogP contribution in [0.15, 0.2) is 24.3 Å². The average Bonchev–Trinajstić information content (AvgIpc) is 3.14. The Kier molecular flexibility index (Phi) is 5.36. The van der Waals surface area contributed by atoms with Gasteiger partial charge in [-0.3, -0.25) is 9.59 Å². The number of nitrogens with one attached hydrogen (secondary N) is 2. The van der Waals surface area contributed by atoms with Gasteiger partial charge in [0.15, 0.2) is 24.0 Å². The lowest BCUT2D eigenvalue weighted by Gasteiger charge is -2.36. The number of ether oxygens (including phenoxy) is 5. The predicted octanol–water partition coefficient (Wildman–Crippen LogP) is 1.45. The first-order valence-corrected chi connectivity index (χ1v) is 10.0. The Bertz CT molecular complexity index is 840. The van der Waals surface area contributed by atoms with Gasteiger partial charge in [0.05, 0.1) is 6.54 Å². The van der Waals surface area contributed by atoms with E-state index < -0.39 is 48.2 Å². The summed E-state index contributed by atoms with van der Waals surface area (Å²) in [5.74, 6) is -2.58. The molecule has 3 saturated heterocycles. The van der Waals surface area contributed by atoms with Crippen LogP contribution in [0.4, 0.5) is 5.69 Å². The topological polar surface area (TPSA) is 104 Å². The van der Waals surface area contributed by atoms with E-state index in [1.807, 2.05) is 25.1 Å². The van der Waals surface area contributed by atoms with Gasteiger partial charge in [0.1, 0.15) is 18.3 Å². The third-order valence-corrected chi connectivity index (χ3v) is 5.26. The molecule has 1 aromatic rings. The molecule has 0 bridgehead atoms. The van der Waals surface area contributed by atoms with E-state index in [-0.39, 0.29) is 12.5 Å². The van der Waals surface area contributed by atoms with Crippen LogP contribution in [0.1, 0.15) is 33.3 Å². The zero-order chi connectivity index (χ0) is 21.7. The predicted molar refractivity (Wildman–Crippen MR) is 105 cm³/mol. The Labute approximate surface area is 175 Å². The molecule has 164 valence electrons. The quantitative estimate of drug-likeness (QED) is 0.760. The van der Waals surface area contributed by atoms with Crippen LogP contribution in [0, 0.1) is 6.92 Å². The van der Waals surface area contributed by atoms with Gasteiger partial charge in [0, 0.05) is 5.69 Å². The van der Waals surface area contributed by atoms with Crippen molar-refractivity contribution < 1.29 is 33.3 Å². The molecule has 0 aromatic heterocycles. The van der Waals surface area contributed by atoms with Crippen LogP contribution in [0.3, 0.4) is 0 Å². The highest BCUT2D eigenvalue weighted by Crippen LogP contribution is 2.44. The van der Waals surface area contributed by atoms with Crippen molar-refractivity contribution in [3.63, 3.8) is 0 Å². The van der Waals surface area contributed by atoms with Gasteiger partial charge < -0.3 is 34.3 Å². The number of anilines is 1. The summed E-state index contributed by atoms with van der Waals surface area (Å²) in [6, 6.07) is 7.41. The monoisotopic (exact) mass is 420 g/mol. The number of benzene rings is 1. The summed E-state index contributed by atoms with van der Waals surface area (Å²) in [6.07, 6.45) is -3.49. The molecule has 0 spiro atoms. The second kappa shape index (κ2) is 7.58. The van der Waals surface area contributed by atoms with Crippen LogP contribution in [0.2, 0.25) is 0 Å². The van der Waals surface area contributed by atoms with Gasteiger partial charge in [0.25, 0.3) is 5.91 Å². The molecule has 3 fully saturated rings. The molecule has 3 heterocycles. The van der Waals surface area contributed by atoms with Gasteiger partial charge in [-0.05, 0) is 46.2 Å². The number of carbonyl (C=O) groups excluding carboxylic acids is 2. The zero-order valence-corrected chi connectivity index (χ0v) is 17.8. The lowest BCUT2D eigenvalue weighted by molar-refractivity contribution is -0.231. The van der Waals surface area contributed by atoms with E-state index in [0.717, 1.165) is 5.56 Å². The molecular formula is C21H28N2O7. The van der Waals surface area contributed by atoms with Gasteiger partial charge in [-0.1, -0.05) is 18.2 Å². The second-order valence-corrected chi connectivity index (χ2v) is 8.67. The fourth-order valence-electron chi connectivity index (χ4n) is 4.00. The van der Waals surface area contributed by atoms with Crippen molar-refractivity contribution in [1.29, 1.82) is 0 Å². The van der Waals surface area contributed by atoms with Crippen LogP contribution in [0.5, 0.6) is 0 Å². The van der Waals surface area contributed by atoms with Crippen LogP contribution >= 0.6 is 0 Å². The molecule has 0 radical (unpaired) electrons. The highest BCUT2D eigenvalue weighted by atomic mass is 16.9. The van der Waals surface area contributed by atoms with E-state index in [4.69, 9.17) is 23.7 Å². The van der Waals surface area contributed by atoms with Crippen LogP contribution in [-0.2, 0) is 33.3 Å². The zero-order valence-electron chi connectivity index (χ0n) is 17.8. The lowest BCUT2D eigenvalue weighted by atomic mass is 9.98. The largest absolute Gasteiger partial charge is 0.345 e. The Morgan fingerprint density at radius 2 is 1.57 bits per heavy atom. The van der Waals surface area contributed by atoms with Gasteiger partial charge in [0.2, 0.25) is 5.91 Å². The van der Waals surface area contributed by atoms with Crippen molar-refractivity contribution in [2.24, 2.45) is 0 Å². The van der Waals surface area contributed by atoms with Crippen LogP contribution in [0.25, 0.3) is 0 Å². The van der Waals surface area contributed by atoms with E-state index in [2.05, 4.69) is 10.6 Å². The highest BCUT2D eigenvalue weighted by Gasteiger charge is 2.62. The molecule has 5 atom stereocenters. The number of rotatable bonds is 4. The molecule has 4 rings (SSSR count). The number of hydrogen-bond donors (Lipinski definition) is 2. The summed E-state index contributed by atoms with van der Waals surface area (Å²) in [6.45, 7) is 8.78. The first-order chi connectivity index (χ1) is 14.0. The molecule has 30 heavy (non-hydrogen) atoms. The normalized spacial score (nSPS) is 33.4. The number of aryl methyl sites for hydroxylation is 1. The summed E-state index contributed by atoms with van der Waals surface area (Å²) in [7, 11) is 0. The fraction of sp³-hybridized carbons (Fsp3) is 0.619.